The van der Waals surface area contributed by atoms with E-state index in [1.807, 2.05) is 4.90 Å². The summed E-state index contributed by atoms with van der Waals surface area (Å²) in [5.41, 5.74) is 0. The third-order valence-corrected chi connectivity index (χ3v) is 3.75. The fourth-order valence-corrected chi connectivity index (χ4v) is 2.59. The number of carbonyl (C=O) groups is 1. The molecule has 3 aliphatic heterocycles. The topological polar surface area (TPSA) is 45.3 Å². The van der Waals surface area contributed by atoms with E-state index in [-0.39, 0.29) is 12.0 Å². The minimum absolute atomic E-state index is 0.159. The van der Waals surface area contributed by atoms with Gasteiger partial charge < -0.3 is 14.4 Å². The van der Waals surface area contributed by atoms with E-state index >= 15 is 0 Å². The molecule has 17 heavy (non-hydrogen) atoms. The minimum atomic E-state index is -0.159. The molecule has 2 unspecified atom stereocenters. The molecule has 3 heterocycles. The van der Waals surface area contributed by atoms with Crippen molar-refractivity contribution in [1.29, 1.82) is 0 Å². The average molecular weight is 240 g/mol. The van der Waals surface area contributed by atoms with Gasteiger partial charge in [-0.1, -0.05) is 0 Å². The summed E-state index contributed by atoms with van der Waals surface area (Å²) in [6, 6.07) is 0. The Labute approximate surface area is 102 Å². The van der Waals surface area contributed by atoms with Crippen molar-refractivity contribution in [2.75, 3.05) is 45.9 Å². The number of nitrogens with zero attached hydrogens (tertiary/aromatic N) is 2. The number of hydrogen-bond acceptors (Lipinski definition) is 4. The summed E-state index contributed by atoms with van der Waals surface area (Å²) >= 11 is 0. The van der Waals surface area contributed by atoms with Crippen molar-refractivity contribution in [3.05, 3.63) is 0 Å². The van der Waals surface area contributed by atoms with E-state index in [1.54, 1.807) is 0 Å². The summed E-state index contributed by atoms with van der Waals surface area (Å²) in [5.74, 6) is 0.199. The highest BCUT2D eigenvalue weighted by molar-refractivity contribution is 5.81. The molecule has 1 amide bonds. The predicted octanol–water partition coefficient (Wildman–Crippen LogP) is -0.292. The molecule has 96 valence electrons. The van der Waals surface area contributed by atoms with Crippen molar-refractivity contribution in [2.45, 2.75) is 25.0 Å². The van der Waals surface area contributed by atoms with Crippen LogP contribution in [0.15, 0.2) is 0 Å². The van der Waals surface area contributed by atoms with Crippen LogP contribution in [0.4, 0.5) is 0 Å². The van der Waals surface area contributed by atoms with Gasteiger partial charge in [-0.2, -0.15) is 0 Å². The van der Waals surface area contributed by atoms with E-state index < -0.39 is 0 Å². The van der Waals surface area contributed by atoms with Crippen LogP contribution >= 0.6 is 0 Å². The average Bonchev–Trinajstić information content (AvgIpc) is 3.00. The van der Waals surface area contributed by atoms with Gasteiger partial charge in [0.1, 0.15) is 6.10 Å². The van der Waals surface area contributed by atoms with E-state index in [2.05, 4.69) is 4.90 Å². The SMILES string of the molecule is O=C(C1CCCO1)N1CCN(CC2CO2)CC1. The maximum Gasteiger partial charge on any atom is 0.251 e. The number of carbonyl (C=O) groups excluding carboxylic acids is 1. The van der Waals surface area contributed by atoms with Crippen LogP contribution in [0.5, 0.6) is 0 Å². The Balaban J connectivity index is 1.44. The van der Waals surface area contributed by atoms with Gasteiger partial charge in [-0.15, -0.1) is 0 Å². The lowest BCUT2D eigenvalue weighted by molar-refractivity contribution is -0.142. The van der Waals surface area contributed by atoms with Gasteiger partial charge in [0.05, 0.1) is 12.7 Å². The zero-order valence-electron chi connectivity index (χ0n) is 10.1. The molecule has 0 aromatic heterocycles. The van der Waals surface area contributed by atoms with Gasteiger partial charge in [-0.3, -0.25) is 9.69 Å². The number of amides is 1. The largest absolute Gasteiger partial charge is 0.372 e. The quantitative estimate of drug-likeness (QED) is 0.636. The Hall–Kier alpha value is -0.650. The first-order chi connectivity index (χ1) is 8.33. The smallest absolute Gasteiger partial charge is 0.251 e. The molecule has 0 aliphatic carbocycles. The van der Waals surface area contributed by atoms with Gasteiger partial charge in [0.2, 0.25) is 0 Å². The highest BCUT2D eigenvalue weighted by Gasteiger charge is 2.32. The number of hydrogen-bond donors (Lipinski definition) is 0. The number of rotatable bonds is 3. The lowest BCUT2D eigenvalue weighted by Gasteiger charge is -2.35. The number of ether oxygens (including phenoxy) is 2. The Morgan fingerprint density at radius 1 is 1.18 bits per heavy atom. The Morgan fingerprint density at radius 3 is 2.53 bits per heavy atom. The van der Waals surface area contributed by atoms with E-state index in [4.69, 9.17) is 9.47 Å². The van der Waals surface area contributed by atoms with Crippen molar-refractivity contribution < 1.29 is 14.3 Å². The molecule has 0 spiro atoms. The zero-order valence-corrected chi connectivity index (χ0v) is 10.1. The van der Waals surface area contributed by atoms with Gasteiger partial charge in [0.15, 0.2) is 0 Å². The lowest BCUT2D eigenvalue weighted by atomic mass is 10.2. The predicted molar refractivity (Wildman–Crippen MR) is 61.7 cm³/mol. The maximum atomic E-state index is 12.1. The molecule has 0 bridgehead atoms. The van der Waals surface area contributed by atoms with Crippen LogP contribution in [0.1, 0.15) is 12.8 Å². The van der Waals surface area contributed by atoms with Crippen LogP contribution in [0.3, 0.4) is 0 Å². The van der Waals surface area contributed by atoms with Crippen molar-refractivity contribution in [3.8, 4) is 0 Å². The number of piperazine rings is 1. The Bertz CT molecular complexity index is 279. The summed E-state index contributed by atoms with van der Waals surface area (Å²) in [4.78, 5) is 16.4. The first-order valence-corrected chi connectivity index (χ1v) is 6.57. The lowest BCUT2D eigenvalue weighted by Crippen LogP contribution is -2.52. The van der Waals surface area contributed by atoms with Crippen LogP contribution in [0, 0.1) is 0 Å². The van der Waals surface area contributed by atoms with Gasteiger partial charge >= 0.3 is 0 Å². The summed E-state index contributed by atoms with van der Waals surface area (Å²) in [6.07, 6.45) is 2.22. The molecule has 0 saturated carbocycles. The second-order valence-corrected chi connectivity index (χ2v) is 5.08. The van der Waals surface area contributed by atoms with Crippen molar-refractivity contribution in [3.63, 3.8) is 0 Å². The zero-order chi connectivity index (χ0) is 11.7. The van der Waals surface area contributed by atoms with Crippen LogP contribution in [-0.2, 0) is 14.3 Å². The summed E-state index contributed by atoms with van der Waals surface area (Å²) in [6.45, 7) is 6.31. The van der Waals surface area contributed by atoms with Crippen LogP contribution in [-0.4, -0.2) is 73.9 Å². The second-order valence-electron chi connectivity index (χ2n) is 5.08. The van der Waals surface area contributed by atoms with Gasteiger partial charge in [0, 0.05) is 39.3 Å². The third-order valence-electron chi connectivity index (χ3n) is 3.75. The molecule has 5 heteroatoms. The van der Waals surface area contributed by atoms with Gasteiger partial charge in [-0.05, 0) is 12.8 Å². The maximum absolute atomic E-state index is 12.1. The number of epoxide rings is 1. The molecule has 3 aliphatic rings. The molecule has 3 fully saturated rings. The Morgan fingerprint density at radius 2 is 1.94 bits per heavy atom. The van der Waals surface area contributed by atoms with Crippen LogP contribution in [0.25, 0.3) is 0 Å². The van der Waals surface area contributed by atoms with Crippen LogP contribution < -0.4 is 0 Å². The molecular weight excluding hydrogens is 220 g/mol. The summed E-state index contributed by atoms with van der Waals surface area (Å²) in [7, 11) is 0. The first kappa shape index (κ1) is 11.4. The van der Waals surface area contributed by atoms with Crippen molar-refractivity contribution >= 4 is 5.91 Å². The van der Waals surface area contributed by atoms with E-state index in [0.29, 0.717) is 6.10 Å². The van der Waals surface area contributed by atoms with Crippen LogP contribution in [0.2, 0.25) is 0 Å². The van der Waals surface area contributed by atoms with E-state index in [0.717, 1.165) is 58.8 Å². The molecule has 0 aromatic rings. The Kier molecular flexibility index (Phi) is 3.31. The fraction of sp³-hybridized carbons (Fsp3) is 0.917. The second kappa shape index (κ2) is 4.92. The molecule has 2 atom stereocenters. The van der Waals surface area contributed by atoms with E-state index in [1.165, 1.54) is 0 Å². The van der Waals surface area contributed by atoms with Crippen molar-refractivity contribution in [1.82, 2.24) is 9.80 Å². The van der Waals surface area contributed by atoms with Gasteiger partial charge in [0.25, 0.3) is 5.91 Å². The van der Waals surface area contributed by atoms with Gasteiger partial charge in [-0.25, -0.2) is 0 Å². The van der Waals surface area contributed by atoms with E-state index in [9.17, 15) is 4.79 Å². The highest BCUT2D eigenvalue weighted by Crippen LogP contribution is 2.17. The highest BCUT2D eigenvalue weighted by atomic mass is 16.6. The molecule has 0 N–H and O–H groups in total. The first-order valence-electron chi connectivity index (χ1n) is 6.57. The normalized spacial score (nSPS) is 34.0. The third kappa shape index (κ3) is 2.78. The minimum Gasteiger partial charge on any atom is -0.372 e. The molecule has 3 rings (SSSR count). The molecular formula is C12H20N2O3. The summed E-state index contributed by atoms with van der Waals surface area (Å²) in [5, 5.41) is 0. The molecule has 5 nitrogen and oxygen atoms in total. The monoisotopic (exact) mass is 240 g/mol. The fourth-order valence-electron chi connectivity index (χ4n) is 2.59. The molecule has 3 saturated heterocycles. The molecule has 0 radical (unpaired) electrons. The summed E-state index contributed by atoms with van der Waals surface area (Å²) < 4.78 is 10.7. The standard InChI is InChI=1S/C12H20N2O3/c15-12(11-2-1-7-16-11)14-5-3-13(4-6-14)8-10-9-17-10/h10-11H,1-9H2. The van der Waals surface area contributed by atoms with Crippen molar-refractivity contribution in [2.24, 2.45) is 0 Å². The molecule has 0 aromatic carbocycles.